The smallest absolute Gasteiger partial charge is 0.410 e. The van der Waals surface area contributed by atoms with Crippen molar-refractivity contribution in [3.05, 3.63) is 84.2 Å². The van der Waals surface area contributed by atoms with Crippen molar-refractivity contribution in [3.8, 4) is 0 Å². The predicted octanol–water partition coefficient (Wildman–Crippen LogP) is 4.63. The molecule has 0 bridgehead atoms. The molecule has 0 fully saturated rings. The number of carbonyl (C=O) groups excluding carboxylic acids is 1. The second-order valence-corrected chi connectivity index (χ2v) is 7.73. The molecule has 8 nitrogen and oxygen atoms in total. The lowest BCUT2D eigenvalue weighted by atomic mass is 10.0. The van der Waals surface area contributed by atoms with Crippen LogP contribution in [-0.4, -0.2) is 31.6 Å². The maximum atomic E-state index is 13.7. The number of aromatic nitrogens is 4. The maximum absolute atomic E-state index is 13.7. The third-order valence-corrected chi connectivity index (χ3v) is 5.39. The first-order valence-electron chi connectivity index (χ1n) is 10.2. The van der Waals surface area contributed by atoms with Crippen LogP contribution in [0.4, 0.5) is 24.7 Å². The Morgan fingerprint density at radius 1 is 1.21 bits per heavy atom. The first kappa shape index (κ1) is 20.9. The summed E-state index contributed by atoms with van der Waals surface area (Å²) in [4.78, 5) is 12.7. The van der Waals surface area contributed by atoms with E-state index in [1.807, 2.05) is 30.3 Å². The minimum absolute atomic E-state index is 0.0925. The van der Waals surface area contributed by atoms with Crippen LogP contribution in [0.3, 0.4) is 0 Å². The van der Waals surface area contributed by atoms with E-state index in [1.165, 1.54) is 18.5 Å². The zero-order valence-corrected chi connectivity index (χ0v) is 17.2. The topological polar surface area (TPSA) is 89.9 Å². The van der Waals surface area contributed by atoms with Gasteiger partial charge in [0.1, 0.15) is 11.6 Å². The average Bonchev–Trinajstić information content (AvgIpc) is 3.54. The number of hydrogen-bond donors (Lipinski definition) is 2. The number of hydrogen-bond acceptors (Lipinski definition) is 5. The molecule has 1 amide bonds. The average molecular weight is 456 g/mol. The number of nitrogens with zero attached hydrogens (tertiary/aromatic N) is 4. The number of anilines is 2. The molecule has 0 unspecified atom stereocenters. The van der Waals surface area contributed by atoms with Gasteiger partial charge in [-0.05, 0) is 17.7 Å². The normalized spacial score (nSPS) is 17.9. The standard InChI is InChI=1S/C22H19F3N6O2/c23-22(24,25)19-9-16(18-7-4-8-33-18)28-20-10-17(29-31(19)20)21(32)27-15-11-26-30(13-15)12-14-5-2-1-3-6-14/h1-8,10-11,13,16,19,28H,9,12H2,(H,27,32)/t16-,19+/m1/s1. The van der Waals surface area contributed by atoms with E-state index in [2.05, 4.69) is 20.8 Å². The second kappa shape index (κ2) is 8.15. The van der Waals surface area contributed by atoms with Gasteiger partial charge in [-0.3, -0.25) is 9.48 Å². The van der Waals surface area contributed by atoms with Crippen LogP contribution in [0.5, 0.6) is 0 Å². The van der Waals surface area contributed by atoms with Crippen molar-refractivity contribution >= 4 is 17.4 Å². The summed E-state index contributed by atoms with van der Waals surface area (Å²) in [5.41, 5.74) is 1.31. The van der Waals surface area contributed by atoms with Gasteiger partial charge in [0.15, 0.2) is 11.7 Å². The molecule has 0 saturated heterocycles. The van der Waals surface area contributed by atoms with Crippen molar-refractivity contribution in [2.45, 2.75) is 31.2 Å². The summed E-state index contributed by atoms with van der Waals surface area (Å²) >= 11 is 0. The third-order valence-electron chi connectivity index (χ3n) is 5.39. The predicted molar refractivity (Wildman–Crippen MR) is 113 cm³/mol. The summed E-state index contributed by atoms with van der Waals surface area (Å²) in [6, 6.07) is 11.6. The highest BCUT2D eigenvalue weighted by atomic mass is 19.4. The van der Waals surface area contributed by atoms with Gasteiger partial charge >= 0.3 is 6.18 Å². The third kappa shape index (κ3) is 4.34. The Hall–Kier alpha value is -4.02. The van der Waals surface area contributed by atoms with Gasteiger partial charge in [0.25, 0.3) is 5.91 Å². The molecule has 2 atom stereocenters. The first-order valence-corrected chi connectivity index (χ1v) is 10.2. The van der Waals surface area contributed by atoms with Gasteiger partial charge in [-0.2, -0.15) is 23.4 Å². The molecule has 170 valence electrons. The molecule has 3 aromatic heterocycles. The highest BCUT2D eigenvalue weighted by Crippen LogP contribution is 2.43. The van der Waals surface area contributed by atoms with E-state index < -0.39 is 24.2 Å². The molecule has 1 aliphatic rings. The number of furan rings is 1. The number of nitrogens with one attached hydrogen (secondary N) is 2. The van der Waals surface area contributed by atoms with Crippen LogP contribution in [-0.2, 0) is 6.54 Å². The number of fused-ring (bicyclic) bond motifs is 1. The van der Waals surface area contributed by atoms with E-state index >= 15 is 0 Å². The van der Waals surface area contributed by atoms with Crippen LogP contribution in [0, 0.1) is 0 Å². The lowest BCUT2D eigenvalue weighted by Gasteiger charge is -2.32. The largest absolute Gasteiger partial charge is 0.467 e. The Balaban J connectivity index is 1.34. The van der Waals surface area contributed by atoms with Crippen molar-refractivity contribution in [2.75, 3.05) is 10.6 Å². The number of carbonyl (C=O) groups is 1. The lowest BCUT2D eigenvalue weighted by Crippen LogP contribution is -2.35. The number of rotatable bonds is 5. The molecule has 4 heterocycles. The maximum Gasteiger partial charge on any atom is 0.410 e. The number of amides is 1. The Labute approximate surface area is 186 Å². The van der Waals surface area contributed by atoms with Crippen molar-refractivity contribution < 1.29 is 22.4 Å². The van der Waals surface area contributed by atoms with E-state index in [0.29, 0.717) is 18.0 Å². The summed E-state index contributed by atoms with van der Waals surface area (Å²) in [7, 11) is 0. The van der Waals surface area contributed by atoms with Gasteiger partial charge < -0.3 is 15.1 Å². The minimum atomic E-state index is -4.54. The minimum Gasteiger partial charge on any atom is -0.467 e. The Morgan fingerprint density at radius 3 is 2.76 bits per heavy atom. The molecule has 0 spiro atoms. The fourth-order valence-corrected chi connectivity index (χ4v) is 3.84. The Kier molecular flexibility index (Phi) is 5.15. The highest BCUT2D eigenvalue weighted by molar-refractivity contribution is 6.03. The van der Waals surface area contributed by atoms with Gasteiger partial charge in [-0.1, -0.05) is 30.3 Å². The van der Waals surface area contributed by atoms with Crippen LogP contribution in [0.15, 0.2) is 71.6 Å². The number of halogens is 3. The molecule has 0 radical (unpaired) electrons. The summed E-state index contributed by atoms with van der Waals surface area (Å²) in [6.45, 7) is 0.515. The van der Waals surface area contributed by atoms with E-state index in [9.17, 15) is 18.0 Å². The van der Waals surface area contributed by atoms with Crippen LogP contribution < -0.4 is 10.6 Å². The summed E-state index contributed by atoms with van der Waals surface area (Å²) in [5, 5.41) is 13.8. The molecule has 2 N–H and O–H groups in total. The van der Waals surface area contributed by atoms with Crippen LogP contribution in [0.2, 0.25) is 0 Å². The van der Waals surface area contributed by atoms with Crippen molar-refractivity contribution in [2.24, 2.45) is 0 Å². The van der Waals surface area contributed by atoms with Crippen molar-refractivity contribution in [1.29, 1.82) is 0 Å². The first-order chi connectivity index (χ1) is 15.9. The van der Waals surface area contributed by atoms with Gasteiger partial charge in [0.2, 0.25) is 0 Å². The second-order valence-electron chi connectivity index (χ2n) is 7.73. The monoisotopic (exact) mass is 456 g/mol. The highest BCUT2D eigenvalue weighted by Gasteiger charge is 2.47. The van der Waals surface area contributed by atoms with E-state index in [-0.39, 0.29) is 17.9 Å². The van der Waals surface area contributed by atoms with Crippen molar-refractivity contribution in [3.63, 3.8) is 0 Å². The van der Waals surface area contributed by atoms with Crippen molar-refractivity contribution in [1.82, 2.24) is 19.6 Å². The van der Waals surface area contributed by atoms with E-state index in [0.717, 1.165) is 10.2 Å². The summed E-state index contributed by atoms with van der Waals surface area (Å²) in [6.07, 6.45) is -0.327. The quantitative estimate of drug-likeness (QED) is 0.457. The molecule has 0 saturated carbocycles. The Bertz CT molecular complexity index is 1250. The molecule has 33 heavy (non-hydrogen) atoms. The summed E-state index contributed by atoms with van der Waals surface area (Å²) in [5.74, 6) is -0.156. The van der Waals surface area contributed by atoms with Gasteiger partial charge in [0.05, 0.1) is 30.7 Å². The molecular formula is C22H19F3N6O2. The molecule has 1 aliphatic heterocycles. The fraction of sp³-hybridized carbons (Fsp3) is 0.227. The van der Waals surface area contributed by atoms with E-state index in [4.69, 9.17) is 4.42 Å². The zero-order chi connectivity index (χ0) is 23.0. The van der Waals surface area contributed by atoms with Crippen LogP contribution in [0.25, 0.3) is 0 Å². The van der Waals surface area contributed by atoms with Crippen LogP contribution >= 0.6 is 0 Å². The fourth-order valence-electron chi connectivity index (χ4n) is 3.84. The molecular weight excluding hydrogens is 437 g/mol. The number of alkyl halides is 3. The molecule has 4 aromatic rings. The van der Waals surface area contributed by atoms with Gasteiger partial charge in [-0.25, -0.2) is 4.68 Å². The van der Waals surface area contributed by atoms with Gasteiger partial charge in [0, 0.05) is 18.7 Å². The molecule has 1 aromatic carbocycles. The molecule has 0 aliphatic carbocycles. The Morgan fingerprint density at radius 2 is 2.03 bits per heavy atom. The molecule has 5 rings (SSSR count). The summed E-state index contributed by atoms with van der Waals surface area (Å²) < 4.78 is 49.0. The van der Waals surface area contributed by atoms with Crippen LogP contribution in [0.1, 0.15) is 40.3 Å². The molecule has 11 heteroatoms. The lowest BCUT2D eigenvalue weighted by molar-refractivity contribution is -0.174. The van der Waals surface area contributed by atoms with E-state index in [1.54, 1.807) is 23.0 Å². The zero-order valence-electron chi connectivity index (χ0n) is 17.2. The number of benzene rings is 1. The SMILES string of the molecule is O=C(Nc1cnn(Cc2ccccc2)c1)c1cc2n(n1)[C@H](C(F)(F)F)C[C@H](c1ccco1)N2. The van der Waals surface area contributed by atoms with Gasteiger partial charge in [-0.15, -0.1) is 0 Å².